The first-order valence-electron chi connectivity index (χ1n) is 9.34. The predicted octanol–water partition coefficient (Wildman–Crippen LogP) is 2.36. The van der Waals surface area contributed by atoms with E-state index in [2.05, 4.69) is 0 Å². The van der Waals surface area contributed by atoms with Crippen LogP contribution < -0.4 is 0 Å². The Morgan fingerprint density at radius 3 is 2.38 bits per heavy atom. The molecule has 1 N–H and O–H groups in total. The molecule has 0 unspecified atom stereocenters. The van der Waals surface area contributed by atoms with Crippen molar-refractivity contribution in [3.05, 3.63) is 69.8 Å². The van der Waals surface area contributed by atoms with Crippen LogP contribution in [0, 0.1) is 16.0 Å². The predicted molar refractivity (Wildman–Crippen MR) is 103 cm³/mol. The summed E-state index contributed by atoms with van der Waals surface area (Å²) < 4.78 is 27.5. The van der Waals surface area contributed by atoms with Crippen LogP contribution >= 0.6 is 0 Å². The molecular formula is C20H20N2O6S. The van der Waals surface area contributed by atoms with Crippen molar-refractivity contribution in [3.63, 3.8) is 0 Å². The molecular weight excluding hydrogens is 396 g/mol. The number of benzene rings is 2. The van der Waals surface area contributed by atoms with E-state index in [4.69, 9.17) is 0 Å². The number of hydrogen-bond donors (Lipinski definition) is 1. The third-order valence-corrected chi connectivity index (χ3v) is 7.73. The minimum Gasteiger partial charge on any atom is -0.377 e. The number of carbonyl (C=O) groups is 1. The van der Waals surface area contributed by atoms with Gasteiger partial charge in [0.2, 0.25) is 0 Å². The number of sulfonamides is 1. The van der Waals surface area contributed by atoms with E-state index in [1.54, 1.807) is 24.3 Å². The summed E-state index contributed by atoms with van der Waals surface area (Å²) in [6.07, 6.45) is 2.28. The highest BCUT2D eigenvalue weighted by Gasteiger charge is 2.51. The van der Waals surface area contributed by atoms with Crippen molar-refractivity contribution >= 4 is 21.5 Å². The van der Waals surface area contributed by atoms with Crippen molar-refractivity contribution in [2.45, 2.75) is 36.3 Å². The SMILES string of the molecule is O=C1CN(S(=O)(=O)c2ccccc2[N+](=O)[O-])Cc2ccccc2[C@]1(O)C1CCC1. The maximum Gasteiger partial charge on any atom is 0.289 e. The molecule has 0 radical (unpaired) electrons. The van der Waals surface area contributed by atoms with Gasteiger partial charge in [-0.3, -0.25) is 14.9 Å². The Kier molecular flexibility index (Phi) is 4.76. The molecule has 29 heavy (non-hydrogen) atoms. The fourth-order valence-electron chi connectivity index (χ4n) is 4.12. The number of para-hydroxylation sites is 1. The highest BCUT2D eigenvalue weighted by Crippen LogP contribution is 2.46. The van der Waals surface area contributed by atoms with Crippen LogP contribution in [0.15, 0.2) is 53.4 Å². The molecule has 1 heterocycles. The Bertz CT molecular complexity index is 1100. The first kappa shape index (κ1) is 19.7. The Hall–Kier alpha value is -2.62. The number of carbonyl (C=O) groups excluding carboxylic acids is 1. The molecule has 9 heteroatoms. The van der Waals surface area contributed by atoms with E-state index in [0.717, 1.165) is 22.9 Å². The van der Waals surface area contributed by atoms with E-state index in [1.807, 2.05) is 0 Å². The second kappa shape index (κ2) is 7.01. The quantitative estimate of drug-likeness (QED) is 0.604. The molecule has 152 valence electrons. The van der Waals surface area contributed by atoms with Crippen molar-refractivity contribution in [2.75, 3.05) is 6.54 Å². The van der Waals surface area contributed by atoms with Crippen molar-refractivity contribution in [1.82, 2.24) is 4.31 Å². The fraction of sp³-hybridized carbons (Fsp3) is 0.350. The standard InChI is InChI=1S/C20H20N2O6S/c23-19-13-21(29(27,28)18-11-4-3-10-17(18)22(25)26)12-14-6-1-2-9-16(14)20(19,24)15-7-5-8-15/h1-4,6,9-11,15,24H,5,7-8,12-13H2/t20-/m1/s1. The summed E-state index contributed by atoms with van der Waals surface area (Å²) in [5.41, 5.74) is -1.35. The van der Waals surface area contributed by atoms with Crippen molar-refractivity contribution in [1.29, 1.82) is 0 Å². The van der Waals surface area contributed by atoms with Crippen LogP contribution in [-0.4, -0.2) is 35.1 Å². The van der Waals surface area contributed by atoms with E-state index in [9.17, 15) is 28.4 Å². The van der Waals surface area contributed by atoms with Crippen LogP contribution in [0.1, 0.15) is 30.4 Å². The van der Waals surface area contributed by atoms with Crippen LogP contribution in [0.3, 0.4) is 0 Å². The lowest BCUT2D eigenvalue weighted by Crippen LogP contribution is -2.49. The van der Waals surface area contributed by atoms with Crippen LogP contribution in [0.25, 0.3) is 0 Å². The molecule has 1 fully saturated rings. The van der Waals surface area contributed by atoms with Crippen LogP contribution in [-0.2, 0) is 27.0 Å². The fourth-order valence-corrected chi connectivity index (χ4v) is 5.65. The average molecular weight is 416 g/mol. The number of aliphatic hydroxyl groups is 1. The third kappa shape index (κ3) is 3.06. The maximum absolute atomic E-state index is 13.3. The molecule has 2 aromatic carbocycles. The highest BCUT2D eigenvalue weighted by atomic mass is 32.2. The molecule has 1 saturated carbocycles. The van der Waals surface area contributed by atoms with E-state index < -0.39 is 43.5 Å². The van der Waals surface area contributed by atoms with Gasteiger partial charge in [0.05, 0.1) is 11.5 Å². The maximum atomic E-state index is 13.3. The highest BCUT2D eigenvalue weighted by molar-refractivity contribution is 7.89. The minimum absolute atomic E-state index is 0.147. The Morgan fingerprint density at radius 2 is 1.72 bits per heavy atom. The average Bonchev–Trinajstić information content (AvgIpc) is 2.76. The molecule has 0 spiro atoms. The molecule has 0 bridgehead atoms. The molecule has 1 atom stereocenters. The third-order valence-electron chi connectivity index (χ3n) is 5.90. The molecule has 1 aliphatic carbocycles. The first-order chi connectivity index (χ1) is 13.8. The topological polar surface area (TPSA) is 118 Å². The van der Waals surface area contributed by atoms with E-state index in [1.165, 1.54) is 12.1 Å². The molecule has 4 rings (SSSR count). The van der Waals surface area contributed by atoms with Gasteiger partial charge in [0, 0.05) is 12.6 Å². The van der Waals surface area contributed by atoms with Crippen LogP contribution in [0.2, 0.25) is 0 Å². The summed E-state index contributed by atoms with van der Waals surface area (Å²) in [6, 6.07) is 11.8. The smallest absolute Gasteiger partial charge is 0.289 e. The van der Waals surface area contributed by atoms with Gasteiger partial charge in [-0.25, -0.2) is 8.42 Å². The summed E-state index contributed by atoms with van der Waals surface area (Å²) >= 11 is 0. The number of Topliss-reactive ketones (excluding diaryl/α,β-unsaturated/α-hetero) is 1. The number of nitro groups is 1. The van der Waals surface area contributed by atoms with E-state index in [-0.39, 0.29) is 12.5 Å². The largest absolute Gasteiger partial charge is 0.377 e. The summed E-state index contributed by atoms with van der Waals surface area (Å²) in [7, 11) is -4.34. The number of nitrogens with zero attached hydrogens (tertiary/aromatic N) is 2. The zero-order valence-corrected chi connectivity index (χ0v) is 16.3. The summed E-state index contributed by atoms with van der Waals surface area (Å²) in [5, 5.41) is 22.7. The van der Waals surface area contributed by atoms with Gasteiger partial charge in [-0.15, -0.1) is 0 Å². The van der Waals surface area contributed by atoms with Gasteiger partial charge in [-0.05, 0) is 36.0 Å². The number of hydrogen-bond acceptors (Lipinski definition) is 6. The van der Waals surface area contributed by atoms with Gasteiger partial charge >= 0.3 is 0 Å². The number of nitro benzene ring substituents is 1. The van der Waals surface area contributed by atoms with Gasteiger partial charge in [0.25, 0.3) is 15.7 Å². The van der Waals surface area contributed by atoms with E-state index >= 15 is 0 Å². The Balaban J connectivity index is 1.82. The summed E-state index contributed by atoms with van der Waals surface area (Å²) in [6.45, 7) is -0.693. The zero-order valence-electron chi connectivity index (χ0n) is 15.5. The van der Waals surface area contributed by atoms with Gasteiger partial charge < -0.3 is 5.11 Å². The second-order valence-corrected chi connectivity index (χ2v) is 9.38. The lowest BCUT2D eigenvalue weighted by Gasteiger charge is -2.40. The summed E-state index contributed by atoms with van der Waals surface area (Å²) in [5.74, 6) is -0.862. The van der Waals surface area contributed by atoms with Gasteiger partial charge in [-0.1, -0.05) is 42.8 Å². The van der Waals surface area contributed by atoms with Crippen molar-refractivity contribution in [2.24, 2.45) is 5.92 Å². The molecule has 0 amide bonds. The molecule has 2 aromatic rings. The zero-order chi connectivity index (χ0) is 20.8. The van der Waals surface area contributed by atoms with Crippen LogP contribution in [0.4, 0.5) is 5.69 Å². The van der Waals surface area contributed by atoms with Crippen LogP contribution in [0.5, 0.6) is 0 Å². The monoisotopic (exact) mass is 416 g/mol. The lowest BCUT2D eigenvalue weighted by atomic mass is 9.67. The number of ketones is 1. The summed E-state index contributed by atoms with van der Waals surface area (Å²) in [4.78, 5) is 23.3. The first-order valence-corrected chi connectivity index (χ1v) is 10.8. The molecule has 0 aromatic heterocycles. The van der Waals surface area contributed by atoms with Crippen molar-refractivity contribution in [3.8, 4) is 0 Å². The molecule has 2 aliphatic rings. The van der Waals surface area contributed by atoms with E-state index in [0.29, 0.717) is 24.0 Å². The molecule has 0 saturated heterocycles. The molecule has 8 nitrogen and oxygen atoms in total. The second-order valence-electron chi connectivity index (χ2n) is 7.47. The Labute approximate surface area is 168 Å². The van der Waals surface area contributed by atoms with Gasteiger partial charge in [0.1, 0.15) is 0 Å². The minimum atomic E-state index is -4.34. The van der Waals surface area contributed by atoms with Crippen molar-refractivity contribution < 1.29 is 23.2 Å². The normalized spacial score (nSPS) is 23.1. The number of fused-ring (bicyclic) bond motifs is 1. The van der Waals surface area contributed by atoms with Gasteiger partial charge in [-0.2, -0.15) is 4.31 Å². The lowest BCUT2D eigenvalue weighted by molar-refractivity contribution is -0.387. The molecule has 1 aliphatic heterocycles. The Morgan fingerprint density at radius 1 is 1.07 bits per heavy atom. The van der Waals surface area contributed by atoms with Gasteiger partial charge in [0.15, 0.2) is 16.3 Å². The number of rotatable bonds is 4.